The van der Waals surface area contributed by atoms with Gasteiger partial charge in [-0.05, 0) is 30.7 Å². The van der Waals surface area contributed by atoms with E-state index in [0.29, 0.717) is 11.0 Å². The van der Waals surface area contributed by atoms with Gasteiger partial charge in [-0.3, -0.25) is 0 Å². The highest BCUT2D eigenvalue weighted by molar-refractivity contribution is 7.15. The SMILES string of the molecule is Cc1cc(OC(F)F)ccc1NCc1cnc(Cl)s1. The van der Waals surface area contributed by atoms with Crippen LogP contribution in [0.5, 0.6) is 5.75 Å². The van der Waals surface area contributed by atoms with Crippen LogP contribution in [0.3, 0.4) is 0 Å². The Bertz CT molecular complexity index is 562. The molecule has 0 aliphatic rings. The summed E-state index contributed by atoms with van der Waals surface area (Å²) in [4.78, 5) is 4.94. The van der Waals surface area contributed by atoms with Gasteiger partial charge in [-0.25, -0.2) is 4.98 Å². The molecule has 102 valence electrons. The summed E-state index contributed by atoms with van der Waals surface area (Å²) in [5, 5.41) is 3.19. The van der Waals surface area contributed by atoms with Gasteiger partial charge in [-0.15, -0.1) is 11.3 Å². The fourth-order valence-electron chi connectivity index (χ4n) is 1.56. The minimum absolute atomic E-state index is 0.152. The van der Waals surface area contributed by atoms with E-state index in [-0.39, 0.29) is 5.75 Å². The molecule has 1 aromatic carbocycles. The molecular weight excluding hydrogens is 294 g/mol. The lowest BCUT2D eigenvalue weighted by Crippen LogP contribution is -2.03. The van der Waals surface area contributed by atoms with Crippen molar-refractivity contribution >= 4 is 28.6 Å². The zero-order chi connectivity index (χ0) is 13.8. The molecule has 0 amide bonds. The number of halogens is 3. The Balaban J connectivity index is 2.00. The van der Waals surface area contributed by atoms with Crippen molar-refractivity contribution in [2.75, 3.05) is 5.32 Å². The number of alkyl halides is 2. The van der Waals surface area contributed by atoms with E-state index in [9.17, 15) is 8.78 Å². The van der Waals surface area contributed by atoms with E-state index in [1.54, 1.807) is 18.3 Å². The maximum atomic E-state index is 12.1. The molecule has 0 bridgehead atoms. The molecule has 0 unspecified atom stereocenters. The van der Waals surface area contributed by atoms with Crippen molar-refractivity contribution in [2.24, 2.45) is 0 Å². The zero-order valence-electron chi connectivity index (χ0n) is 9.99. The number of aryl methyl sites for hydroxylation is 1. The Morgan fingerprint density at radius 2 is 2.26 bits per heavy atom. The van der Waals surface area contributed by atoms with E-state index in [0.717, 1.165) is 16.1 Å². The van der Waals surface area contributed by atoms with Crippen molar-refractivity contribution in [3.8, 4) is 5.75 Å². The first kappa shape index (κ1) is 14.0. The van der Waals surface area contributed by atoms with Crippen LogP contribution >= 0.6 is 22.9 Å². The number of anilines is 1. The first-order chi connectivity index (χ1) is 9.04. The highest BCUT2D eigenvalue weighted by atomic mass is 35.5. The number of hydrogen-bond acceptors (Lipinski definition) is 4. The lowest BCUT2D eigenvalue weighted by molar-refractivity contribution is -0.0498. The maximum Gasteiger partial charge on any atom is 0.387 e. The minimum atomic E-state index is -2.81. The topological polar surface area (TPSA) is 34.1 Å². The average Bonchev–Trinajstić information content (AvgIpc) is 2.73. The number of ether oxygens (including phenoxy) is 1. The number of hydrogen-bond donors (Lipinski definition) is 1. The molecule has 1 heterocycles. The smallest absolute Gasteiger partial charge is 0.387 e. The summed E-state index contributed by atoms with van der Waals surface area (Å²) in [5.41, 5.74) is 1.68. The summed E-state index contributed by atoms with van der Waals surface area (Å²) in [5.74, 6) is 0.152. The van der Waals surface area contributed by atoms with E-state index < -0.39 is 6.61 Å². The molecule has 0 fully saturated rings. The molecular formula is C12H11ClF2N2OS. The first-order valence-electron chi connectivity index (χ1n) is 5.44. The number of benzene rings is 1. The van der Waals surface area contributed by atoms with Crippen molar-refractivity contribution in [2.45, 2.75) is 20.1 Å². The van der Waals surface area contributed by atoms with Crippen LogP contribution in [0.1, 0.15) is 10.4 Å². The van der Waals surface area contributed by atoms with Crippen molar-refractivity contribution in [3.63, 3.8) is 0 Å². The van der Waals surface area contributed by atoms with E-state index in [1.807, 2.05) is 6.92 Å². The van der Waals surface area contributed by atoms with Crippen molar-refractivity contribution in [1.82, 2.24) is 4.98 Å². The van der Waals surface area contributed by atoms with Crippen LogP contribution in [0.25, 0.3) is 0 Å². The Morgan fingerprint density at radius 1 is 1.47 bits per heavy atom. The highest BCUT2D eigenvalue weighted by Crippen LogP contribution is 2.24. The third kappa shape index (κ3) is 4.04. The molecule has 19 heavy (non-hydrogen) atoms. The second-order valence-electron chi connectivity index (χ2n) is 3.79. The number of thiazole rings is 1. The third-order valence-corrected chi connectivity index (χ3v) is 3.52. The van der Waals surface area contributed by atoms with Crippen LogP contribution in [0, 0.1) is 6.92 Å². The summed E-state index contributed by atoms with van der Waals surface area (Å²) >= 11 is 7.13. The molecule has 0 aliphatic heterocycles. The predicted octanol–water partition coefficient (Wildman–Crippen LogP) is 4.32. The summed E-state index contributed by atoms with van der Waals surface area (Å²) in [6.07, 6.45) is 1.70. The van der Waals surface area contributed by atoms with Gasteiger partial charge in [0.2, 0.25) is 0 Å². The van der Waals surface area contributed by atoms with Crippen LogP contribution in [-0.4, -0.2) is 11.6 Å². The monoisotopic (exact) mass is 304 g/mol. The standard InChI is InChI=1S/C12H11ClF2N2OS/c1-7-4-8(18-12(14)15)2-3-10(7)16-5-9-6-17-11(13)19-9/h2-4,6,12,16H,5H2,1H3. The molecule has 1 N–H and O–H groups in total. The van der Waals surface area contributed by atoms with Gasteiger partial charge in [0.05, 0.1) is 6.54 Å². The van der Waals surface area contributed by atoms with Crippen LogP contribution in [-0.2, 0) is 6.54 Å². The number of rotatable bonds is 5. The molecule has 0 atom stereocenters. The Morgan fingerprint density at radius 3 is 2.84 bits per heavy atom. The van der Waals surface area contributed by atoms with Gasteiger partial charge in [0.1, 0.15) is 5.75 Å². The fraction of sp³-hybridized carbons (Fsp3) is 0.250. The number of aromatic nitrogens is 1. The molecule has 0 saturated carbocycles. The number of nitrogens with zero attached hydrogens (tertiary/aromatic N) is 1. The molecule has 0 radical (unpaired) electrons. The van der Waals surface area contributed by atoms with E-state index in [4.69, 9.17) is 11.6 Å². The lowest BCUT2D eigenvalue weighted by Gasteiger charge is -2.10. The fourth-order valence-corrected chi connectivity index (χ4v) is 2.48. The van der Waals surface area contributed by atoms with Crippen molar-refractivity contribution in [1.29, 1.82) is 0 Å². The van der Waals surface area contributed by atoms with E-state index in [2.05, 4.69) is 15.0 Å². The first-order valence-corrected chi connectivity index (χ1v) is 6.63. The molecule has 7 heteroatoms. The Hall–Kier alpha value is -1.40. The van der Waals surface area contributed by atoms with E-state index in [1.165, 1.54) is 17.4 Å². The maximum absolute atomic E-state index is 12.1. The average molecular weight is 305 g/mol. The summed E-state index contributed by atoms with van der Waals surface area (Å²) in [6.45, 7) is -0.404. The zero-order valence-corrected chi connectivity index (χ0v) is 11.6. The van der Waals surface area contributed by atoms with Crippen LogP contribution < -0.4 is 10.1 Å². The third-order valence-electron chi connectivity index (χ3n) is 2.40. The van der Waals surface area contributed by atoms with Gasteiger partial charge < -0.3 is 10.1 Å². The van der Waals surface area contributed by atoms with Gasteiger partial charge >= 0.3 is 6.61 Å². The molecule has 0 spiro atoms. The summed E-state index contributed by atoms with van der Waals surface area (Å²) < 4.78 is 29.0. The summed E-state index contributed by atoms with van der Waals surface area (Å²) in [7, 11) is 0. The predicted molar refractivity (Wildman–Crippen MR) is 72.3 cm³/mol. The largest absolute Gasteiger partial charge is 0.435 e. The van der Waals surface area contributed by atoms with Gasteiger partial charge in [-0.2, -0.15) is 8.78 Å². The molecule has 2 aromatic rings. The Kier molecular flexibility index (Phi) is 4.55. The second-order valence-corrected chi connectivity index (χ2v) is 5.49. The summed E-state index contributed by atoms with van der Waals surface area (Å²) in [6, 6.07) is 4.77. The molecule has 0 saturated heterocycles. The van der Waals surface area contributed by atoms with Crippen molar-refractivity contribution < 1.29 is 13.5 Å². The molecule has 0 aliphatic carbocycles. The Labute approximate surface area is 118 Å². The van der Waals surface area contributed by atoms with Gasteiger partial charge in [0, 0.05) is 16.8 Å². The van der Waals surface area contributed by atoms with Gasteiger partial charge in [-0.1, -0.05) is 11.6 Å². The van der Waals surface area contributed by atoms with Gasteiger partial charge in [0.25, 0.3) is 0 Å². The van der Waals surface area contributed by atoms with Crippen LogP contribution in [0.2, 0.25) is 4.47 Å². The second kappa shape index (κ2) is 6.16. The van der Waals surface area contributed by atoms with Gasteiger partial charge in [0.15, 0.2) is 4.47 Å². The lowest BCUT2D eigenvalue weighted by atomic mass is 10.2. The van der Waals surface area contributed by atoms with Crippen LogP contribution in [0.15, 0.2) is 24.4 Å². The highest BCUT2D eigenvalue weighted by Gasteiger charge is 2.06. The number of nitrogens with one attached hydrogen (secondary N) is 1. The van der Waals surface area contributed by atoms with Crippen LogP contribution in [0.4, 0.5) is 14.5 Å². The minimum Gasteiger partial charge on any atom is -0.435 e. The van der Waals surface area contributed by atoms with Crippen molar-refractivity contribution in [3.05, 3.63) is 39.3 Å². The quantitative estimate of drug-likeness (QED) is 0.893. The molecule has 2 rings (SSSR count). The molecule has 1 aromatic heterocycles. The normalized spacial score (nSPS) is 10.8. The van der Waals surface area contributed by atoms with E-state index >= 15 is 0 Å². The molecule has 3 nitrogen and oxygen atoms in total.